The maximum Gasteiger partial charge on any atom is 0.331 e. The number of phenolic OH excluding ortho intramolecular Hbond substituents is 1. The highest BCUT2D eigenvalue weighted by Crippen LogP contribution is 2.47. The van der Waals surface area contributed by atoms with Crippen molar-refractivity contribution < 1.29 is 58.8 Å². The number of hydrogen-bond donors (Lipinski definition) is 5. The number of aromatic hydroxyl groups is 1. The highest BCUT2D eigenvalue weighted by Gasteiger charge is 2.50. The number of hydrogen-bond acceptors (Lipinski definition) is 12. The summed E-state index contributed by atoms with van der Waals surface area (Å²) >= 11 is 0. The summed E-state index contributed by atoms with van der Waals surface area (Å²) < 4.78 is 28.5. The Morgan fingerprint density at radius 3 is 2.43 bits per heavy atom. The second-order valence-electron chi connectivity index (χ2n) is 11.3. The van der Waals surface area contributed by atoms with E-state index in [4.69, 9.17) is 23.7 Å². The zero-order valence-corrected chi connectivity index (χ0v) is 23.7. The van der Waals surface area contributed by atoms with E-state index in [0.717, 1.165) is 6.08 Å². The summed E-state index contributed by atoms with van der Waals surface area (Å²) in [4.78, 5) is 25.0. The van der Waals surface area contributed by atoms with Crippen LogP contribution in [0.1, 0.15) is 38.7 Å². The molecule has 2 heterocycles. The lowest BCUT2D eigenvalue weighted by molar-refractivity contribution is -0.302. The Morgan fingerprint density at radius 2 is 1.76 bits per heavy atom. The van der Waals surface area contributed by atoms with Gasteiger partial charge in [-0.3, -0.25) is 4.79 Å². The molecule has 1 aliphatic carbocycles. The molecule has 12 nitrogen and oxygen atoms in total. The van der Waals surface area contributed by atoms with Gasteiger partial charge in [-0.2, -0.15) is 0 Å². The van der Waals surface area contributed by atoms with E-state index in [1.165, 1.54) is 24.5 Å². The first-order chi connectivity index (χ1) is 20.1. The second-order valence-corrected chi connectivity index (χ2v) is 11.3. The Morgan fingerprint density at radius 1 is 1.02 bits per heavy atom. The summed E-state index contributed by atoms with van der Waals surface area (Å²) in [6, 6.07) is 6.09. The first kappa shape index (κ1) is 31.9. The van der Waals surface area contributed by atoms with Crippen molar-refractivity contribution >= 4 is 18.0 Å². The quantitative estimate of drug-likeness (QED) is 0.183. The minimum Gasteiger partial charge on any atom is -0.508 e. The summed E-state index contributed by atoms with van der Waals surface area (Å²) in [6.07, 6.45) is -2.31. The molecule has 1 saturated carbocycles. The van der Waals surface area contributed by atoms with Gasteiger partial charge in [0.2, 0.25) is 6.29 Å². The normalized spacial score (nSPS) is 32.7. The molecule has 3 aliphatic rings. The Kier molecular flexibility index (Phi) is 11.0. The first-order valence-electron chi connectivity index (χ1n) is 14.2. The van der Waals surface area contributed by atoms with Crippen LogP contribution in [-0.2, 0) is 33.3 Å². The lowest BCUT2D eigenvalue weighted by Crippen LogP contribution is -2.60. The molecule has 0 bridgehead atoms. The maximum atomic E-state index is 12.6. The van der Waals surface area contributed by atoms with Crippen LogP contribution in [0.25, 0.3) is 6.08 Å². The highest BCUT2D eigenvalue weighted by atomic mass is 16.7. The van der Waals surface area contributed by atoms with Crippen LogP contribution in [0, 0.1) is 23.7 Å². The maximum absolute atomic E-state index is 12.6. The zero-order chi connectivity index (χ0) is 30.4. The molecule has 2 aliphatic heterocycles. The standard InChI is InChI=1S/C30H40O12/c1-16(2)11-24(35)42-29-25-18(12-31)6-9-21(25)19(14-38-29)15-39-30-28(27(37)26(36)22(13-32)40-30)41-23(34)10-5-17-3-7-20(33)8-4-17/h3-5,7-8,10,14,16,18,21-22,25-33,36-37H,6,9,11-13,15H2,1-2H3/b10-5+/t18-,21-,22-,25-,26-,27+,28-,29+,30-/m1/s1. The first-order valence-corrected chi connectivity index (χ1v) is 14.2. The van der Waals surface area contributed by atoms with Gasteiger partial charge in [0.05, 0.1) is 19.5 Å². The van der Waals surface area contributed by atoms with Crippen molar-refractivity contribution in [1.29, 1.82) is 0 Å². The average molecular weight is 593 g/mol. The molecule has 2 fully saturated rings. The number of aliphatic hydroxyl groups excluding tert-OH is 4. The number of fused-ring (bicyclic) bond motifs is 1. The number of phenols is 1. The molecule has 0 unspecified atom stereocenters. The lowest BCUT2D eigenvalue weighted by Gasteiger charge is -2.42. The van der Waals surface area contributed by atoms with Gasteiger partial charge in [0.25, 0.3) is 0 Å². The van der Waals surface area contributed by atoms with Crippen molar-refractivity contribution in [1.82, 2.24) is 0 Å². The van der Waals surface area contributed by atoms with E-state index in [0.29, 0.717) is 24.0 Å². The Labute approximate surface area is 244 Å². The summed E-state index contributed by atoms with van der Waals surface area (Å²) in [5, 5.41) is 50.2. The third-order valence-electron chi connectivity index (χ3n) is 7.85. The van der Waals surface area contributed by atoms with E-state index in [2.05, 4.69) is 0 Å². The lowest BCUT2D eigenvalue weighted by atomic mass is 9.83. The van der Waals surface area contributed by atoms with Crippen molar-refractivity contribution in [3.63, 3.8) is 0 Å². The molecule has 9 atom stereocenters. The zero-order valence-electron chi connectivity index (χ0n) is 23.7. The molecule has 0 aromatic heterocycles. The van der Waals surface area contributed by atoms with E-state index >= 15 is 0 Å². The number of carbonyl (C=O) groups excluding carboxylic acids is 2. The number of esters is 2. The summed E-state index contributed by atoms with van der Waals surface area (Å²) in [5.41, 5.74) is 1.32. The van der Waals surface area contributed by atoms with Crippen LogP contribution in [0.15, 0.2) is 42.2 Å². The molecule has 4 rings (SSSR count). The topological polar surface area (TPSA) is 181 Å². The van der Waals surface area contributed by atoms with E-state index in [-0.39, 0.29) is 55.0 Å². The van der Waals surface area contributed by atoms with Crippen molar-refractivity contribution in [2.75, 3.05) is 19.8 Å². The summed E-state index contributed by atoms with van der Waals surface area (Å²) in [6.45, 7) is 3.04. The third kappa shape index (κ3) is 7.68. The average Bonchev–Trinajstić information content (AvgIpc) is 3.40. The van der Waals surface area contributed by atoms with Crippen LogP contribution in [0.4, 0.5) is 0 Å². The van der Waals surface area contributed by atoms with Crippen LogP contribution < -0.4 is 0 Å². The number of aliphatic hydroxyl groups is 4. The summed E-state index contributed by atoms with van der Waals surface area (Å²) in [7, 11) is 0. The Hall–Kier alpha value is -3.00. The molecular formula is C30H40O12. The molecule has 0 amide bonds. The van der Waals surface area contributed by atoms with Gasteiger partial charge in [0.15, 0.2) is 12.4 Å². The largest absolute Gasteiger partial charge is 0.508 e. The van der Waals surface area contributed by atoms with Crippen molar-refractivity contribution in [3.8, 4) is 5.75 Å². The smallest absolute Gasteiger partial charge is 0.331 e. The minimum absolute atomic E-state index is 0.0709. The monoisotopic (exact) mass is 592 g/mol. The van der Waals surface area contributed by atoms with E-state index < -0.39 is 49.6 Å². The Bertz CT molecular complexity index is 1120. The Balaban J connectivity index is 1.45. The highest BCUT2D eigenvalue weighted by molar-refractivity contribution is 5.87. The molecule has 42 heavy (non-hydrogen) atoms. The molecule has 5 N–H and O–H groups in total. The van der Waals surface area contributed by atoms with Gasteiger partial charge in [-0.15, -0.1) is 0 Å². The molecule has 1 aromatic carbocycles. The van der Waals surface area contributed by atoms with Crippen LogP contribution in [0.2, 0.25) is 0 Å². The van der Waals surface area contributed by atoms with Crippen LogP contribution in [0.3, 0.4) is 0 Å². The fourth-order valence-corrected chi connectivity index (χ4v) is 5.67. The summed E-state index contributed by atoms with van der Waals surface area (Å²) in [5.74, 6) is -1.61. The van der Waals surface area contributed by atoms with Gasteiger partial charge in [0.1, 0.15) is 24.1 Å². The molecule has 1 aromatic rings. The number of rotatable bonds is 11. The fourth-order valence-electron chi connectivity index (χ4n) is 5.67. The molecule has 0 spiro atoms. The predicted octanol–water partition coefficient (Wildman–Crippen LogP) is 1.24. The van der Waals surface area contributed by atoms with Crippen molar-refractivity contribution in [2.45, 2.75) is 70.1 Å². The minimum atomic E-state index is -1.62. The molecule has 1 saturated heterocycles. The van der Waals surface area contributed by atoms with Gasteiger partial charge in [-0.1, -0.05) is 26.0 Å². The third-order valence-corrected chi connectivity index (χ3v) is 7.85. The number of benzene rings is 1. The van der Waals surface area contributed by atoms with Crippen molar-refractivity contribution in [2.24, 2.45) is 23.7 Å². The van der Waals surface area contributed by atoms with Crippen LogP contribution in [-0.4, -0.2) is 94.3 Å². The van der Waals surface area contributed by atoms with Gasteiger partial charge < -0.3 is 49.2 Å². The number of carbonyl (C=O) groups is 2. The van der Waals surface area contributed by atoms with Gasteiger partial charge in [0, 0.05) is 25.0 Å². The number of ether oxygens (including phenoxy) is 5. The van der Waals surface area contributed by atoms with Gasteiger partial charge in [-0.05, 0) is 59.9 Å². The second kappa shape index (κ2) is 14.5. The molecule has 232 valence electrons. The SMILES string of the molecule is CC(C)CC(=O)O[C@@H]1OC=C(CO[C@@H]2O[C@H](CO)[C@@H](O)[C@H](O)[C@H]2OC(=O)/C=C/c2ccc(O)cc2)[C@H]2CC[C@H](CO)[C@@H]12. The van der Waals surface area contributed by atoms with Crippen LogP contribution in [0.5, 0.6) is 5.75 Å². The van der Waals surface area contributed by atoms with Gasteiger partial charge in [-0.25, -0.2) is 4.79 Å². The molecule has 0 radical (unpaired) electrons. The predicted molar refractivity (Wildman–Crippen MR) is 146 cm³/mol. The van der Waals surface area contributed by atoms with Crippen LogP contribution >= 0.6 is 0 Å². The van der Waals surface area contributed by atoms with E-state index in [1.807, 2.05) is 13.8 Å². The molecular weight excluding hydrogens is 552 g/mol. The van der Waals surface area contributed by atoms with Crippen molar-refractivity contribution in [3.05, 3.63) is 47.7 Å². The van der Waals surface area contributed by atoms with Gasteiger partial charge >= 0.3 is 11.9 Å². The molecule has 12 heteroatoms. The van der Waals surface area contributed by atoms with E-state index in [1.54, 1.807) is 12.1 Å². The fraction of sp³-hybridized carbons (Fsp3) is 0.600. The van der Waals surface area contributed by atoms with E-state index in [9.17, 15) is 35.1 Å².